The number of ether oxygens (including phenoxy) is 2. The monoisotopic (exact) mass is 456 g/mol. The first-order chi connectivity index (χ1) is 15.5. The van der Waals surface area contributed by atoms with Gasteiger partial charge in [-0.2, -0.15) is 5.10 Å². The molecule has 3 aromatic heterocycles. The van der Waals surface area contributed by atoms with E-state index in [2.05, 4.69) is 35.7 Å². The normalized spacial score (nSPS) is 18.3. The van der Waals surface area contributed by atoms with Crippen molar-refractivity contribution in [1.82, 2.24) is 35.0 Å². The number of nitrogens with one attached hydrogen (secondary N) is 2. The van der Waals surface area contributed by atoms with Crippen LogP contribution in [0.3, 0.4) is 0 Å². The quantitative estimate of drug-likeness (QED) is 0.385. The molecule has 0 bridgehead atoms. The summed E-state index contributed by atoms with van der Waals surface area (Å²) in [6, 6.07) is 0. The van der Waals surface area contributed by atoms with Crippen LogP contribution in [0, 0.1) is 6.92 Å². The van der Waals surface area contributed by atoms with E-state index in [0.29, 0.717) is 23.5 Å². The number of alkyl halides is 1. The van der Waals surface area contributed by atoms with Gasteiger partial charge in [0.05, 0.1) is 30.9 Å². The lowest BCUT2D eigenvalue weighted by Crippen LogP contribution is -2.39. The Morgan fingerprint density at radius 1 is 1.25 bits per heavy atom. The van der Waals surface area contributed by atoms with Crippen LogP contribution in [-0.2, 0) is 14.7 Å². The molecule has 3 aromatic rings. The third-order valence-electron chi connectivity index (χ3n) is 4.50. The Balaban J connectivity index is 1.60. The smallest absolute Gasteiger partial charge is 0.269 e. The summed E-state index contributed by atoms with van der Waals surface area (Å²) < 4.78 is 12.9. The maximum absolute atomic E-state index is 12.9. The van der Waals surface area contributed by atoms with Gasteiger partial charge in [-0.25, -0.2) is 19.6 Å². The molecule has 11 nitrogen and oxygen atoms in total. The minimum atomic E-state index is -1.13. The second kappa shape index (κ2) is 9.28. The summed E-state index contributed by atoms with van der Waals surface area (Å²) in [6.07, 6.45) is 11.9. The molecule has 166 valence electrons. The van der Waals surface area contributed by atoms with Gasteiger partial charge in [0.2, 0.25) is 17.1 Å². The summed E-state index contributed by atoms with van der Waals surface area (Å²) in [6.45, 7) is 4.05. The van der Waals surface area contributed by atoms with Crippen molar-refractivity contribution < 1.29 is 14.3 Å². The van der Waals surface area contributed by atoms with E-state index in [1.54, 1.807) is 31.5 Å². The molecule has 2 atom stereocenters. The van der Waals surface area contributed by atoms with Gasteiger partial charge in [0.1, 0.15) is 11.7 Å². The molecule has 2 N–H and O–H groups in total. The number of rotatable bonds is 8. The number of halogens is 1. The van der Waals surface area contributed by atoms with Crippen molar-refractivity contribution >= 4 is 34.4 Å². The summed E-state index contributed by atoms with van der Waals surface area (Å²) in [4.78, 5) is 29.6. The predicted octanol–water partition coefficient (Wildman–Crippen LogP) is 1.87. The number of aromatic nitrogens is 6. The highest BCUT2D eigenvalue weighted by Gasteiger charge is 2.31. The van der Waals surface area contributed by atoms with Gasteiger partial charge in [0.25, 0.3) is 5.91 Å². The number of amides is 1. The predicted molar refractivity (Wildman–Crippen MR) is 117 cm³/mol. The van der Waals surface area contributed by atoms with E-state index >= 15 is 0 Å². The lowest BCUT2D eigenvalue weighted by Gasteiger charge is -2.26. The molecule has 0 aliphatic carbocycles. The van der Waals surface area contributed by atoms with Crippen LogP contribution in [0.15, 0.2) is 49.3 Å². The van der Waals surface area contributed by atoms with Crippen molar-refractivity contribution in [2.45, 2.75) is 25.1 Å². The van der Waals surface area contributed by atoms with E-state index in [0.717, 1.165) is 5.69 Å². The van der Waals surface area contributed by atoms with Crippen LogP contribution in [-0.4, -0.2) is 54.9 Å². The molecule has 4 rings (SSSR count). The third kappa shape index (κ3) is 4.53. The molecule has 32 heavy (non-hydrogen) atoms. The van der Waals surface area contributed by atoms with Gasteiger partial charge in [0, 0.05) is 6.61 Å². The fourth-order valence-corrected chi connectivity index (χ4v) is 3.18. The first-order valence-electron chi connectivity index (χ1n) is 9.84. The number of carbonyl (C=O) groups is 1. The van der Waals surface area contributed by atoms with Gasteiger partial charge < -0.3 is 20.1 Å². The first kappa shape index (κ1) is 21.7. The zero-order valence-electron chi connectivity index (χ0n) is 17.4. The molecule has 0 aromatic carbocycles. The molecule has 1 aliphatic heterocycles. The van der Waals surface area contributed by atoms with Crippen LogP contribution in [0.2, 0.25) is 0 Å². The maximum Gasteiger partial charge on any atom is 0.269 e. The number of nitrogens with zero attached hydrogens (tertiary/aromatic N) is 6. The number of carbonyl (C=O) groups excluding carboxylic acids is 1. The van der Waals surface area contributed by atoms with Gasteiger partial charge in [-0.05, 0) is 32.2 Å². The topological polar surface area (TPSA) is 129 Å². The second-order valence-corrected chi connectivity index (χ2v) is 7.38. The van der Waals surface area contributed by atoms with Crippen LogP contribution < -0.4 is 15.4 Å². The minimum Gasteiger partial charge on any atom is -0.461 e. The standard InChI is InChI=1S/C20H21ClN8O3/c1-3-31-11-15(18(30)28-16-10-22-13(2)8-23-16)32-19-14-9-27-29(17(14)24-12-25-19)20(21)6-4-5-7-26-20/h4-10,12,15,26H,3,11H2,1-2H3,(H,23,28,30)/t15-,20?/m0/s1. The lowest BCUT2D eigenvalue weighted by atomic mass is 10.3. The number of hydrogen-bond donors (Lipinski definition) is 2. The average Bonchev–Trinajstić information content (AvgIpc) is 3.24. The summed E-state index contributed by atoms with van der Waals surface area (Å²) in [5.41, 5.74) is 1.16. The first-order valence-corrected chi connectivity index (χ1v) is 10.2. The molecule has 0 fully saturated rings. The zero-order valence-corrected chi connectivity index (χ0v) is 18.2. The molecule has 4 heterocycles. The van der Waals surface area contributed by atoms with Crippen LogP contribution in [0.1, 0.15) is 12.6 Å². The maximum atomic E-state index is 12.9. The van der Waals surface area contributed by atoms with Crippen molar-refractivity contribution in [1.29, 1.82) is 0 Å². The Morgan fingerprint density at radius 3 is 2.84 bits per heavy atom. The van der Waals surface area contributed by atoms with Crippen molar-refractivity contribution in [2.24, 2.45) is 0 Å². The molecule has 0 saturated heterocycles. The summed E-state index contributed by atoms with van der Waals surface area (Å²) in [5, 5.41) is 9.41. The fraction of sp³-hybridized carbons (Fsp3) is 0.300. The molecule has 0 radical (unpaired) electrons. The average molecular weight is 457 g/mol. The summed E-state index contributed by atoms with van der Waals surface area (Å²) in [7, 11) is 0. The van der Waals surface area contributed by atoms with Crippen LogP contribution in [0.25, 0.3) is 11.0 Å². The number of dihydropyridines is 1. The second-order valence-electron chi connectivity index (χ2n) is 6.81. The fourth-order valence-electron chi connectivity index (χ4n) is 2.92. The number of aryl methyl sites for hydroxylation is 1. The Kier molecular flexibility index (Phi) is 6.28. The van der Waals surface area contributed by atoms with Gasteiger partial charge in [-0.15, -0.1) is 0 Å². The molecule has 0 saturated carbocycles. The van der Waals surface area contributed by atoms with Crippen LogP contribution in [0.5, 0.6) is 5.88 Å². The number of hydrogen-bond acceptors (Lipinski definition) is 9. The molecular formula is C20H21ClN8O3. The van der Waals surface area contributed by atoms with Crippen LogP contribution in [0.4, 0.5) is 5.82 Å². The van der Waals surface area contributed by atoms with Crippen molar-refractivity contribution in [3.05, 3.63) is 55.0 Å². The Hall–Kier alpha value is -3.57. The lowest BCUT2D eigenvalue weighted by molar-refractivity contribution is -0.125. The van der Waals surface area contributed by atoms with Gasteiger partial charge in [-0.3, -0.25) is 9.78 Å². The number of allylic oxidation sites excluding steroid dienone is 2. The van der Waals surface area contributed by atoms with E-state index in [1.165, 1.54) is 23.4 Å². The highest BCUT2D eigenvalue weighted by atomic mass is 35.5. The minimum absolute atomic E-state index is 0.00971. The van der Waals surface area contributed by atoms with Gasteiger partial charge in [0.15, 0.2) is 11.5 Å². The number of fused-ring (bicyclic) bond motifs is 1. The molecule has 0 spiro atoms. The van der Waals surface area contributed by atoms with Crippen molar-refractivity contribution in [3.63, 3.8) is 0 Å². The van der Waals surface area contributed by atoms with Crippen LogP contribution >= 0.6 is 11.6 Å². The number of anilines is 1. The molecule has 12 heteroatoms. The zero-order chi connectivity index (χ0) is 22.6. The SMILES string of the molecule is CCOC[C@H](Oc1ncnc2c1cnn2C1(Cl)C=CC=CN1)C(=O)Nc1cnc(C)cn1. The third-order valence-corrected chi connectivity index (χ3v) is 4.89. The van der Waals surface area contributed by atoms with Gasteiger partial charge in [-0.1, -0.05) is 17.7 Å². The summed E-state index contributed by atoms with van der Waals surface area (Å²) >= 11 is 6.65. The molecular weight excluding hydrogens is 436 g/mol. The van der Waals surface area contributed by atoms with E-state index in [1.807, 2.05) is 13.0 Å². The molecule has 1 unspecified atom stereocenters. The highest BCUT2D eigenvalue weighted by Crippen LogP contribution is 2.29. The molecule has 1 aliphatic rings. The van der Waals surface area contributed by atoms with E-state index in [-0.39, 0.29) is 12.5 Å². The van der Waals surface area contributed by atoms with Crippen molar-refractivity contribution in [2.75, 3.05) is 18.5 Å². The molecule has 1 amide bonds. The Morgan fingerprint density at radius 2 is 2.12 bits per heavy atom. The Bertz CT molecular complexity index is 1160. The highest BCUT2D eigenvalue weighted by molar-refractivity contribution is 6.23. The van der Waals surface area contributed by atoms with E-state index in [4.69, 9.17) is 21.1 Å². The van der Waals surface area contributed by atoms with E-state index in [9.17, 15) is 4.79 Å². The van der Waals surface area contributed by atoms with Crippen molar-refractivity contribution in [3.8, 4) is 5.88 Å². The van der Waals surface area contributed by atoms with Gasteiger partial charge >= 0.3 is 0 Å². The summed E-state index contributed by atoms with van der Waals surface area (Å²) in [5.74, 6) is 0.0249. The van der Waals surface area contributed by atoms with E-state index < -0.39 is 17.1 Å². The Labute approximate surface area is 188 Å². The largest absolute Gasteiger partial charge is 0.461 e.